The number of rotatable bonds is 3. The molecule has 0 bridgehead atoms. The maximum absolute atomic E-state index is 12.1. The molecule has 100 valence electrons. The van der Waals surface area contributed by atoms with E-state index in [4.69, 9.17) is 0 Å². The minimum atomic E-state index is -0.141. The van der Waals surface area contributed by atoms with Gasteiger partial charge in [0, 0.05) is 30.9 Å². The molecule has 0 saturated carbocycles. The first-order valence-corrected chi connectivity index (χ1v) is 6.84. The Labute approximate surface area is 112 Å². The third kappa shape index (κ3) is 2.58. The van der Waals surface area contributed by atoms with Crippen molar-refractivity contribution in [2.45, 2.75) is 18.8 Å². The van der Waals surface area contributed by atoms with Crippen molar-refractivity contribution in [2.75, 3.05) is 13.1 Å². The van der Waals surface area contributed by atoms with Crippen LogP contribution < -0.4 is 4.87 Å². The normalized spacial score (nSPS) is 18.9. The van der Waals surface area contributed by atoms with Gasteiger partial charge in [-0.25, -0.2) is 10.1 Å². The molecule has 1 saturated heterocycles. The van der Waals surface area contributed by atoms with Crippen molar-refractivity contribution in [3.63, 3.8) is 0 Å². The molecule has 2 N–H and O–H groups in total. The molecule has 0 aromatic carbocycles. The van der Waals surface area contributed by atoms with Crippen molar-refractivity contribution in [1.82, 2.24) is 25.1 Å². The van der Waals surface area contributed by atoms with E-state index in [0.717, 1.165) is 28.5 Å². The lowest BCUT2D eigenvalue weighted by atomic mass is 10.1. The van der Waals surface area contributed by atoms with Gasteiger partial charge in [-0.3, -0.25) is 9.59 Å². The second-order valence-corrected chi connectivity index (χ2v) is 5.52. The lowest BCUT2D eigenvalue weighted by Crippen LogP contribution is -2.30. The first kappa shape index (κ1) is 12.1. The minimum Gasteiger partial charge on any atom is -0.348 e. The number of aromatic amines is 2. The Morgan fingerprint density at radius 3 is 3.16 bits per heavy atom. The van der Waals surface area contributed by atoms with Crippen molar-refractivity contribution in [3.05, 3.63) is 32.9 Å². The molecule has 1 atom stereocenters. The summed E-state index contributed by atoms with van der Waals surface area (Å²) < 4.78 is 0. The molecule has 2 aromatic rings. The van der Waals surface area contributed by atoms with Crippen LogP contribution in [0.4, 0.5) is 0 Å². The van der Waals surface area contributed by atoms with Gasteiger partial charge in [-0.05, 0) is 6.42 Å². The monoisotopic (exact) mass is 279 g/mol. The van der Waals surface area contributed by atoms with Crippen LogP contribution in [0.2, 0.25) is 0 Å². The zero-order valence-corrected chi connectivity index (χ0v) is 10.9. The molecule has 8 heteroatoms. The van der Waals surface area contributed by atoms with Gasteiger partial charge in [-0.15, -0.1) is 0 Å². The summed E-state index contributed by atoms with van der Waals surface area (Å²) in [6, 6.07) is 0. The molecule has 7 nitrogen and oxygen atoms in total. The average molecular weight is 279 g/mol. The van der Waals surface area contributed by atoms with Crippen LogP contribution >= 0.6 is 11.3 Å². The molecular formula is C11H13N5O2S. The third-order valence-electron chi connectivity index (χ3n) is 3.24. The van der Waals surface area contributed by atoms with Crippen molar-refractivity contribution in [2.24, 2.45) is 0 Å². The van der Waals surface area contributed by atoms with Gasteiger partial charge in [0.2, 0.25) is 5.91 Å². The van der Waals surface area contributed by atoms with Crippen LogP contribution in [0, 0.1) is 0 Å². The fourth-order valence-corrected chi connectivity index (χ4v) is 2.99. The van der Waals surface area contributed by atoms with Crippen LogP contribution in [-0.4, -0.2) is 44.1 Å². The van der Waals surface area contributed by atoms with E-state index in [0.29, 0.717) is 19.5 Å². The van der Waals surface area contributed by atoms with E-state index in [1.807, 2.05) is 4.90 Å². The summed E-state index contributed by atoms with van der Waals surface area (Å²) >= 11 is 1.13. The predicted molar refractivity (Wildman–Crippen MR) is 69.0 cm³/mol. The Kier molecular flexibility index (Phi) is 3.16. The Bertz CT molecular complexity index is 617. The maximum atomic E-state index is 12.1. The minimum absolute atomic E-state index is 0.0784. The summed E-state index contributed by atoms with van der Waals surface area (Å²) in [7, 11) is 0. The summed E-state index contributed by atoms with van der Waals surface area (Å²) in [4.78, 5) is 31.7. The first-order valence-electron chi connectivity index (χ1n) is 6.03. The maximum Gasteiger partial charge on any atom is 0.322 e. The first-order chi connectivity index (χ1) is 9.22. The van der Waals surface area contributed by atoms with Crippen molar-refractivity contribution in [1.29, 1.82) is 0 Å². The molecule has 0 aliphatic carbocycles. The number of aromatic nitrogens is 4. The molecule has 1 amide bonds. The van der Waals surface area contributed by atoms with Gasteiger partial charge in [-0.2, -0.15) is 5.10 Å². The smallest absolute Gasteiger partial charge is 0.322 e. The fourth-order valence-electron chi connectivity index (χ4n) is 2.26. The van der Waals surface area contributed by atoms with Crippen LogP contribution in [-0.2, 0) is 11.2 Å². The molecule has 0 radical (unpaired) electrons. The number of carbonyl (C=O) groups is 1. The lowest BCUT2D eigenvalue weighted by molar-refractivity contribution is -0.129. The van der Waals surface area contributed by atoms with Crippen LogP contribution in [0.15, 0.2) is 17.3 Å². The number of nitrogens with zero attached hydrogens (tertiary/aromatic N) is 3. The molecule has 3 heterocycles. The highest BCUT2D eigenvalue weighted by molar-refractivity contribution is 7.08. The van der Waals surface area contributed by atoms with Crippen LogP contribution in [0.3, 0.4) is 0 Å². The van der Waals surface area contributed by atoms with Crippen LogP contribution in [0.25, 0.3) is 0 Å². The third-order valence-corrected chi connectivity index (χ3v) is 4.15. The highest BCUT2D eigenvalue weighted by Crippen LogP contribution is 2.27. The molecule has 19 heavy (non-hydrogen) atoms. The highest BCUT2D eigenvalue weighted by atomic mass is 32.1. The summed E-state index contributed by atoms with van der Waals surface area (Å²) in [5, 5.41) is 7.21. The SMILES string of the molecule is O=C(Cc1cnc[nH]1)N1CC[C@@H](c2n[nH]c(=O)s2)C1. The number of imidazole rings is 1. The van der Waals surface area contributed by atoms with Gasteiger partial charge in [0.05, 0.1) is 12.7 Å². The predicted octanol–water partition coefficient (Wildman–Crippen LogP) is 0.113. The number of carbonyl (C=O) groups excluding carboxylic acids is 1. The zero-order chi connectivity index (χ0) is 13.2. The second-order valence-electron chi connectivity index (χ2n) is 4.53. The number of H-pyrrole nitrogens is 2. The number of hydrogen-bond acceptors (Lipinski definition) is 5. The van der Waals surface area contributed by atoms with E-state index in [9.17, 15) is 9.59 Å². The van der Waals surface area contributed by atoms with Gasteiger partial charge >= 0.3 is 4.87 Å². The molecule has 0 unspecified atom stereocenters. The van der Waals surface area contributed by atoms with Gasteiger partial charge < -0.3 is 9.88 Å². The second kappa shape index (κ2) is 4.96. The number of likely N-dealkylation sites (tertiary alicyclic amines) is 1. The quantitative estimate of drug-likeness (QED) is 0.834. The van der Waals surface area contributed by atoms with Gasteiger partial charge in [0.1, 0.15) is 5.01 Å². The molecular weight excluding hydrogens is 266 g/mol. The van der Waals surface area contributed by atoms with Crippen LogP contribution in [0.1, 0.15) is 23.0 Å². The van der Waals surface area contributed by atoms with Crippen molar-refractivity contribution < 1.29 is 4.79 Å². The molecule has 2 aromatic heterocycles. The standard InChI is InChI=1S/C11H13N5O2S/c17-9(3-8-4-12-6-13-8)16-2-1-7(5-16)10-14-15-11(18)19-10/h4,6-7H,1-3,5H2,(H,12,13)(H,15,18)/t7-/m1/s1. The Hall–Kier alpha value is -1.96. The topological polar surface area (TPSA) is 94.7 Å². The van der Waals surface area contributed by atoms with Gasteiger partial charge in [0.25, 0.3) is 0 Å². The Morgan fingerprint density at radius 1 is 1.58 bits per heavy atom. The van der Waals surface area contributed by atoms with Gasteiger partial charge in [-0.1, -0.05) is 11.3 Å². The summed E-state index contributed by atoms with van der Waals surface area (Å²) in [6.45, 7) is 1.35. The number of amides is 1. The fraction of sp³-hybridized carbons (Fsp3) is 0.455. The van der Waals surface area contributed by atoms with E-state index >= 15 is 0 Å². The van der Waals surface area contributed by atoms with E-state index in [2.05, 4.69) is 20.2 Å². The molecule has 1 aliphatic rings. The summed E-state index contributed by atoms with van der Waals surface area (Å²) in [5.74, 6) is 0.254. The number of nitrogens with one attached hydrogen (secondary N) is 2. The largest absolute Gasteiger partial charge is 0.348 e. The average Bonchev–Trinajstić information content (AvgIpc) is 3.07. The summed E-state index contributed by atoms with van der Waals surface area (Å²) in [6.07, 6.45) is 4.42. The van der Waals surface area contributed by atoms with Gasteiger partial charge in [0.15, 0.2) is 0 Å². The highest BCUT2D eigenvalue weighted by Gasteiger charge is 2.29. The summed E-state index contributed by atoms with van der Waals surface area (Å²) in [5.41, 5.74) is 0.817. The van der Waals surface area contributed by atoms with E-state index in [1.165, 1.54) is 0 Å². The molecule has 3 rings (SSSR count). The molecule has 0 spiro atoms. The van der Waals surface area contributed by atoms with E-state index < -0.39 is 0 Å². The molecule has 1 fully saturated rings. The van der Waals surface area contributed by atoms with Crippen molar-refractivity contribution in [3.8, 4) is 0 Å². The van der Waals surface area contributed by atoms with E-state index in [-0.39, 0.29) is 16.7 Å². The zero-order valence-electron chi connectivity index (χ0n) is 10.1. The Morgan fingerprint density at radius 2 is 2.47 bits per heavy atom. The van der Waals surface area contributed by atoms with E-state index in [1.54, 1.807) is 12.5 Å². The lowest BCUT2D eigenvalue weighted by Gasteiger charge is -2.15. The molecule has 1 aliphatic heterocycles. The Balaban J connectivity index is 1.62. The van der Waals surface area contributed by atoms with Crippen molar-refractivity contribution >= 4 is 17.2 Å². The van der Waals surface area contributed by atoms with Crippen LogP contribution in [0.5, 0.6) is 0 Å². The number of hydrogen-bond donors (Lipinski definition) is 2.